The number of allylic oxidation sites excluding steroid dienone is 3. The van der Waals surface area contributed by atoms with Gasteiger partial charge in [-0.2, -0.15) is 0 Å². The maximum Gasteiger partial charge on any atom is 0.411 e. The Kier molecular flexibility index (Phi) is 8.04. The van der Waals surface area contributed by atoms with Gasteiger partial charge in [0.1, 0.15) is 11.9 Å². The van der Waals surface area contributed by atoms with Gasteiger partial charge in [0.05, 0.1) is 19.1 Å². The fourth-order valence-electron chi connectivity index (χ4n) is 6.89. The number of amides is 1. The summed E-state index contributed by atoms with van der Waals surface area (Å²) < 4.78 is 11.8. The molecular formula is C35H43NO5. The lowest BCUT2D eigenvalue weighted by atomic mass is 9.72. The maximum absolute atomic E-state index is 13.3. The third-order valence-electron chi connectivity index (χ3n) is 9.15. The third-order valence-corrected chi connectivity index (χ3v) is 9.15. The molecule has 1 unspecified atom stereocenters. The smallest absolute Gasteiger partial charge is 0.411 e. The summed E-state index contributed by atoms with van der Waals surface area (Å²) in [7, 11) is 1.71. The van der Waals surface area contributed by atoms with Crippen LogP contribution >= 0.6 is 0 Å². The molecule has 0 spiro atoms. The fourth-order valence-corrected chi connectivity index (χ4v) is 6.89. The van der Waals surface area contributed by atoms with Crippen LogP contribution in [0, 0.1) is 25.2 Å². The Morgan fingerprint density at radius 1 is 1.12 bits per heavy atom. The van der Waals surface area contributed by atoms with Gasteiger partial charge in [-0.1, -0.05) is 55.3 Å². The Morgan fingerprint density at radius 2 is 1.85 bits per heavy atom. The summed E-state index contributed by atoms with van der Waals surface area (Å²) in [5, 5.41) is 9.42. The van der Waals surface area contributed by atoms with Crippen molar-refractivity contribution < 1.29 is 24.2 Å². The van der Waals surface area contributed by atoms with Crippen molar-refractivity contribution in [2.75, 3.05) is 13.7 Å². The fraction of sp³-hybridized carbons (Fsp3) is 0.486. The van der Waals surface area contributed by atoms with E-state index in [9.17, 15) is 14.7 Å². The van der Waals surface area contributed by atoms with E-state index >= 15 is 0 Å². The highest BCUT2D eigenvalue weighted by Gasteiger charge is 2.41. The number of ether oxygens (including phenoxy) is 2. The number of cyclic esters (lactones) is 1. The highest BCUT2D eigenvalue weighted by molar-refractivity contribution is 5.80. The predicted octanol–water partition coefficient (Wildman–Crippen LogP) is 8.13. The van der Waals surface area contributed by atoms with Gasteiger partial charge in [-0.25, -0.2) is 4.79 Å². The van der Waals surface area contributed by atoms with Crippen LogP contribution in [0.5, 0.6) is 5.75 Å². The van der Waals surface area contributed by atoms with E-state index in [2.05, 4.69) is 71.0 Å². The molecule has 1 N–H and O–H groups in total. The summed E-state index contributed by atoms with van der Waals surface area (Å²) in [6, 6.07) is 12.6. The van der Waals surface area contributed by atoms with E-state index in [0.29, 0.717) is 19.4 Å². The number of carbonyl (C=O) groups excluding carboxylic acids is 1. The number of carboxylic acid groups (broad SMARTS) is 1. The van der Waals surface area contributed by atoms with Crippen molar-refractivity contribution in [1.82, 2.24) is 4.90 Å². The van der Waals surface area contributed by atoms with Crippen LogP contribution in [0.15, 0.2) is 48.0 Å². The summed E-state index contributed by atoms with van der Waals surface area (Å²) in [6.45, 7) is 11.4. The summed E-state index contributed by atoms with van der Waals surface area (Å²) in [5.74, 6) is -0.197. The Morgan fingerprint density at radius 3 is 2.49 bits per heavy atom. The van der Waals surface area contributed by atoms with Crippen LogP contribution in [0.2, 0.25) is 0 Å². The molecule has 0 saturated carbocycles. The van der Waals surface area contributed by atoms with Crippen LogP contribution in [0.4, 0.5) is 4.79 Å². The molecule has 0 aromatic heterocycles. The van der Waals surface area contributed by atoms with E-state index in [1.807, 2.05) is 11.0 Å². The molecule has 0 radical (unpaired) electrons. The number of methoxy groups -OCH3 is 1. The number of rotatable bonds is 7. The van der Waals surface area contributed by atoms with Gasteiger partial charge in [0.25, 0.3) is 0 Å². The normalized spacial score (nSPS) is 24.2. The van der Waals surface area contributed by atoms with Crippen LogP contribution in [0.25, 0.3) is 11.1 Å². The molecule has 2 aliphatic carbocycles. The lowest BCUT2D eigenvalue weighted by Gasteiger charge is -2.36. The van der Waals surface area contributed by atoms with Gasteiger partial charge in [-0.3, -0.25) is 9.69 Å². The standard InChI is InChI=1S/C35H43NO5/c1-21-15-22(2)17-27(16-21)32-23(3)36(34(39)41-32)20-28-19-35(4,5)14-13-29(28)30-18-26(11-12-31(30)40-6)24-7-9-25(10-8-24)33(37)38/h7,11-12,15-18,23,25,32H,8-10,13-14,19-20H2,1-6H3,(H,37,38)/t23-,25?,32-/m0/s1. The van der Waals surface area contributed by atoms with E-state index in [4.69, 9.17) is 9.47 Å². The molecule has 1 fully saturated rings. The first-order valence-electron chi connectivity index (χ1n) is 14.8. The monoisotopic (exact) mass is 557 g/mol. The molecule has 2 aromatic rings. The number of aliphatic carboxylic acids is 1. The van der Waals surface area contributed by atoms with Gasteiger partial charge in [-0.15, -0.1) is 0 Å². The average molecular weight is 558 g/mol. The van der Waals surface area contributed by atoms with E-state index in [1.165, 1.54) is 27.8 Å². The van der Waals surface area contributed by atoms with Crippen LogP contribution in [0.1, 0.15) is 93.2 Å². The quantitative estimate of drug-likeness (QED) is 0.372. The molecule has 0 bridgehead atoms. The van der Waals surface area contributed by atoms with Crippen molar-refractivity contribution in [3.05, 3.63) is 75.9 Å². The van der Waals surface area contributed by atoms with E-state index < -0.39 is 5.97 Å². The molecule has 6 heteroatoms. The zero-order chi connectivity index (χ0) is 29.5. The molecule has 3 atom stereocenters. The van der Waals surface area contributed by atoms with E-state index in [-0.39, 0.29) is 29.6 Å². The largest absolute Gasteiger partial charge is 0.496 e. The molecule has 5 rings (SSSR count). The van der Waals surface area contributed by atoms with Crippen molar-refractivity contribution in [2.24, 2.45) is 11.3 Å². The molecule has 41 heavy (non-hydrogen) atoms. The summed E-state index contributed by atoms with van der Waals surface area (Å²) in [4.78, 5) is 26.6. The highest BCUT2D eigenvalue weighted by atomic mass is 16.6. The molecule has 1 aliphatic heterocycles. The Labute approximate surface area is 244 Å². The van der Waals surface area contributed by atoms with Gasteiger partial charge < -0.3 is 14.6 Å². The zero-order valence-corrected chi connectivity index (χ0v) is 25.3. The van der Waals surface area contributed by atoms with Crippen LogP contribution < -0.4 is 4.74 Å². The maximum atomic E-state index is 13.3. The molecule has 1 heterocycles. The number of carboxylic acids is 1. The SMILES string of the molecule is COc1ccc(C2=CCC(C(=O)O)CC2)cc1C1=C(CN2C(=O)O[C@H](c3cc(C)cc(C)c3)[C@@H]2C)CC(C)(C)CC1. The number of aryl methyl sites for hydroxylation is 2. The topological polar surface area (TPSA) is 76.1 Å². The Balaban J connectivity index is 1.49. The van der Waals surface area contributed by atoms with Crippen molar-refractivity contribution in [3.63, 3.8) is 0 Å². The first-order valence-corrected chi connectivity index (χ1v) is 14.8. The van der Waals surface area contributed by atoms with Crippen LogP contribution in [-0.4, -0.2) is 41.8 Å². The number of hydrogen-bond acceptors (Lipinski definition) is 4. The minimum Gasteiger partial charge on any atom is -0.496 e. The molecule has 6 nitrogen and oxygen atoms in total. The van der Waals surface area contributed by atoms with Crippen molar-refractivity contribution >= 4 is 23.2 Å². The molecule has 3 aliphatic rings. The Hall–Kier alpha value is -3.54. The Bertz CT molecular complexity index is 1400. The van der Waals surface area contributed by atoms with Crippen molar-refractivity contribution in [1.29, 1.82) is 0 Å². The predicted molar refractivity (Wildman–Crippen MR) is 162 cm³/mol. The lowest BCUT2D eigenvalue weighted by molar-refractivity contribution is -0.141. The van der Waals surface area contributed by atoms with Gasteiger partial charge in [0, 0.05) is 12.1 Å². The summed E-state index contributed by atoms with van der Waals surface area (Å²) in [6.07, 6.45) is 6.33. The lowest BCUT2D eigenvalue weighted by Crippen LogP contribution is -2.35. The van der Waals surface area contributed by atoms with Crippen LogP contribution in [-0.2, 0) is 9.53 Å². The number of carbonyl (C=O) groups is 2. The van der Waals surface area contributed by atoms with Gasteiger partial charge >= 0.3 is 12.1 Å². The molecule has 2 aromatic carbocycles. The molecular weight excluding hydrogens is 514 g/mol. The number of benzene rings is 2. The summed E-state index contributed by atoms with van der Waals surface area (Å²) >= 11 is 0. The highest BCUT2D eigenvalue weighted by Crippen LogP contribution is 2.46. The first kappa shape index (κ1) is 29.0. The molecule has 1 amide bonds. The average Bonchev–Trinajstić information content (AvgIpc) is 3.20. The number of hydrogen-bond donors (Lipinski definition) is 1. The number of nitrogens with zero attached hydrogens (tertiary/aromatic N) is 1. The zero-order valence-electron chi connectivity index (χ0n) is 25.3. The van der Waals surface area contributed by atoms with Crippen LogP contribution in [0.3, 0.4) is 0 Å². The first-order chi connectivity index (χ1) is 19.5. The second-order valence-electron chi connectivity index (χ2n) is 13.0. The second kappa shape index (κ2) is 11.4. The van der Waals surface area contributed by atoms with Gasteiger partial charge in [0.15, 0.2) is 0 Å². The van der Waals surface area contributed by atoms with E-state index in [1.54, 1.807) is 7.11 Å². The van der Waals surface area contributed by atoms with Gasteiger partial charge in [0.2, 0.25) is 0 Å². The van der Waals surface area contributed by atoms with Crippen molar-refractivity contribution in [3.8, 4) is 5.75 Å². The minimum atomic E-state index is -0.718. The van der Waals surface area contributed by atoms with Gasteiger partial charge in [-0.05, 0) is 105 Å². The summed E-state index contributed by atoms with van der Waals surface area (Å²) in [5.41, 5.74) is 9.39. The van der Waals surface area contributed by atoms with Crippen molar-refractivity contribution in [2.45, 2.75) is 85.3 Å². The van der Waals surface area contributed by atoms with E-state index in [0.717, 1.165) is 48.1 Å². The molecule has 218 valence electrons. The molecule has 1 saturated heterocycles. The second-order valence-corrected chi connectivity index (χ2v) is 13.0. The third kappa shape index (κ3) is 6.07. The minimum absolute atomic E-state index is 0.0923.